The van der Waals surface area contributed by atoms with E-state index in [0.29, 0.717) is 0 Å². The van der Waals surface area contributed by atoms with E-state index in [1.54, 1.807) is 0 Å². The zero-order valence-corrected chi connectivity index (χ0v) is 5.97. The standard InChI is InChI=1S/CH2O3.H3N.Na.H2O/c2-1(3)4;;;/h(H2,2,3,4);1H3;;1H2/q;;+1;/p-1. The van der Waals surface area contributed by atoms with E-state index in [9.17, 15) is 0 Å². The van der Waals surface area contributed by atoms with Crippen LogP contribution in [0.4, 0.5) is 4.79 Å². The molecule has 6 N–H and O–H groups in total. The summed E-state index contributed by atoms with van der Waals surface area (Å²) < 4.78 is 0. The summed E-state index contributed by atoms with van der Waals surface area (Å²) in [4.78, 5) is 8.44. The van der Waals surface area contributed by atoms with Crippen LogP contribution < -0.4 is 40.8 Å². The van der Waals surface area contributed by atoms with Gasteiger partial charge in [-0.1, -0.05) is 0 Å². The van der Waals surface area contributed by atoms with Gasteiger partial charge in [-0.25, -0.2) is 0 Å². The van der Waals surface area contributed by atoms with Gasteiger partial charge in [0.05, 0.1) is 0 Å². The zero-order chi connectivity index (χ0) is 3.58. The summed E-state index contributed by atoms with van der Waals surface area (Å²) in [7, 11) is 0. The minimum Gasteiger partial charge on any atom is -0.565 e. The predicted octanol–water partition coefficient (Wildman–Crippen LogP) is -4.77. The molecule has 0 aliphatic heterocycles. The Morgan fingerprint density at radius 3 is 1.57 bits per heavy atom. The summed E-state index contributed by atoms with van der Waals surface area (Å²) in [6, 6.07) is 0. The van der Waals surface area contributed by atoms with Crippen molar-refractivity contribution in [2.45, 2.75) is 0 Å². The summed E-state index contributed by atoms with van der Waals surface area (Å²) in [5.74, 6) is 0. The summed E-state index contributed by atoms with van der Waals surface area (Å²) >= 11 is 0. The van der Waals surface area contributed by atoms with Gasteiger partial charge in [0.2, 0.25) is 6.16 Å². The zero-order valence-electron chi connectivity index (χ0n) is 3.97. The maximum absolute atomic E-state index is 8.44. The van der Waals surface area contributed by atoms with Crippen LogP contribution in [0.1, 0.15) is 0 Å². The monoisotopic (exact) mass is 119 g/mol. The van der Waals surface area contributed by atoms with Gasteiger partial charge in [0.15, 0.2) is 0 Å². The van der Waals surface area contributed by atoms with E-state index in [-0.39, 0.29) is 41.2 Å². The molecule has 0 saturated heterocycles. The van der Waals surface area contributed by atoms with E-state index < -0.39 is 6.16 Å². The predicted molar refractivity (Wildman–Crippen MR) is 16.7 cm³/mol. The summed E-state index contributed by atoms with van der Waals surface area (Å²) in [6.07, 6.45) is -2.08. The third-order valence-electron chi connectivity index (χ3n) is 0. The summed E-state index contributed by atoms with van der Waals surface area (Å²) in [6.45, 7) is 0. The van der Waals surface area contributed by atoms with Gasteiger partial charge in [-0.3, -0.25) is 0 Å². The molecule has 0 radical (unpaired) electrons. The Hall–Kier alpha value is 0.190. The van der Waals surface area contributed by atoms with Crippen molar-refractivity contribution in [3.8, 4) is 0 Å². The van der Waals surface area contributed by atoms with Gasteiger partial charge in [0.1, 0.15) is 0 Å². The molecule has 5 nitrogen and oxygen atoms in total. The molecular formula is CH6NNaO4. The van der Waals surface area contributed by atoms with Crippen LogP contribution in [0.25, 0.3) is 0 Å². The molecule has 0 saturated carbocycles. The van der Waals surface area contributed by atoms with Gasteiger partial charge in [-0.05, 0) is 0 Å². The van der Waals surface area contributed by atoms with E-state index >= 15 is 0 Å². The topological polar surface area (TPSA) is 127 Å². The van der Waals surface area contributed by atoms with E-state index in [1.165, 1.54) is 0 Å². The van der Waals surface area contributed by atoms with Crippen LogP contribution in [0.15, 0.2) is 0 Å². The molecule has 0 rings (SSSR count). The number of carbonyl (C=O) groups is 1. The Morgan fingerprint density at radius 2 is 1.57 bits per heavy atom. The van der Waals surface area contributed by atoms with Crippen LogP contribution >= 0.6 is 0 Å². The average molecular weight is 119 g/mol. The van der Waals surface area contributed by atoms with Crippen molar-refractivity contribution in [1.82, 2.24) is 6.15 Å². The molecule has 0 heterocycles. The smallest absolute Gasteiger partial charge is 0.565 e. The maximum Gasteiger partial charge on any atom is 1.00 e. The van der Waals surface area contributed by atoms with Crippen molar-refractivity contribution in [3.63, 3.8) is 0 Å². The third-order valence-corrected chi connectivity index (χ3v) is 0. The van der Waals surface area contributed by atoms with Gasteiger partial charge < -0.3 is 26.6 Å². The Kier molecular flexibility index (Phi) is 63.4. The van der Waals surface area contributed by atoms with Gasteiger partial charge >= 0.3 is 29.6 Å². The molecule has 0 bridgehead atoms. The van der Waals surface area contributed by atoms with Crippen molar-refractivity contribution in [1.29, 1.82) is 0 Å². The first-order chi connectivity index (χ1) is 1.73. The SMILES string of the molecule is N.O.O=C([O-])O.[Na+]. The van der Waals surface area contributed by atoms with Crippen molar-refractivity contribution < 1.29 is 50.0 Å². The minimum absolute atomic E-state index is 0. The quantitative estimate of drug-likeness (QED) is 0.310. The first-order valence-corrected chi connectivity index (χ1v) is 0.632. The van der Waals surface area contributed by atoms with Crippen LogP contribution in [0.3, 0.4) is 0 Å². The van der Waals surface area contributed by atoms with E-state index in [1.807, 2.05) is 0 Å². The second-order valence-corrected chi connectivity index (χ2v) is 0.266. The Balaban J connectivity index is -0.0000000150. The van der Waals surface area contributed by atoms with Gasteiger partial charge in [0.25, 0.3) is 0 Å². The van der Waals surface area contributed by atoms with Crippen LogP contribution in [0, 0.1) is 0 Å². The summed E-state index contributed by atoms with van der Waals surface area (Å²) in [5, 5.41) is 15.3. The molecule has 0 amide bonds. The first-order valence-electron chi connectivity index (χ1n) is 0.632. The molecule has 40 valence electrons. The van der Waals surface area contributed by atoms with Crippen molar-refractivity contribution >= 4 is 6.16 Å². The van der Waals surface area contributed by atoms with E-state index in [0.717, 1.165) is 0 Å². The second kappa shape index (κ2) is 16.4. The number of hydrogen-bond donors (Lipinski definition) is 2. The Labute approximate surface area is 62.5 Å². The molecule has 0 aromatic heterocycles. The molecule has 0 spiro atoms. The molecule has 0 aliphatic rings. The molecule has 0 aromatic rings. The van der Waals surface area contributed by atoms with E-state index in [2.05, 4.69) is 0 Å². The normalized spacial score (nSPS) is 3.43. The minimum atomic E-state index is -2.08. The fourth-order valence-corrected chi connectivity index (χ4v) is 0. The fourth-order valence-electron chi connectivity index (χ4n) is 0. The second-order valence-electron chi connectivity index (χ2n) is 0.266. The Bertz CT molecular complexity index is 34.7. The van der Waals surface area contributed by atoms with Crippen molar-refractivity contribution in [2.75, 3.05) is 0 Å². The molecule has 0 aromatic carbocycles. The Morgan fingerprint density at radius 1 is 1.57 bits per heavy atom. The molecule has 0 unspecified atom stereocenters. The largest absolute Gasteiger partial charge is 1.00 e. The van der Waals surface area contributed by atoms with Crippen LogP contribution in [-0.4, -0.2) is 16.7 Å². The maximum atomic E-state index is 8.44. The van der Waals surface area contributed by atoms with Gasteiger partial charge in [-0.2, -0.15) is 0 Å². The third kappa shape index (κ3) is 3010. The van der Waals surface area contributed by atoms with E-state index in [4.69, 9.17) is 15.0 Å². The van der Waals surface area contributed by atoms with Gasteiger partial charge in [0, 0.05) is 0 Å². The van der Waals surface area contributed by atoms with Crippen LogP contribution in [0.5, 0.6) is 0 Å². The summed E-state index contributed by atoms with van der Waals surface area (Å²) in [5.41, 5.74) is 0. The molecule has 0 aliphatic carbocycles. The van der Waals surface area contributed by atoms with Crippen molar-refractivity contribution in [2.24, 2.45) is 0 Å². The van der Waals surface area contributed by atoms with Crippen molar-refractivity contribution in [3.05, 3.63) is 0 Å². The molecule has 0 fully saturated rings. The molecule has 0 atom stereocenters. The number of rotatable bonds is 0. The molecular weight excluding hydrogens is 113 g/mol. The number of hydrogen-bond acceptors (Lipinski definition) is 3. The fraction of sp³-hybridized carbons (Fsp3) is 0. The number of carboxylic acid groups (broad SMARTS) is 2. The first kappa shape index (κ1) is 27.1. The molecule has 6 heteroatoms. The van der Waals surface area contributed by atoms with Crippen LogP contribution in [0.2, 0.25) is 0 Å². The molecule has 7 heavy (non-hydrogen) atoms. The van der Waals surface area contributed by atoms with Gasteiger partial charge in [-0.15, -0.1) is 0 Å². The average Bonchev–Trinajstić information content (AvgIpc) is 0.811. The van der Waals surface area contributed by atoms with Crippen LogP contribution in [-0.2, 0) is 0 Å².